The van der Waals surface area contributed by atoms with Gasteiger partial charge in [0.1, 0.15) is 5.60 Å². The van der Waals surface area contributed by atoms with Crippen molar-refractivity contribution in [2.75, 3.05) is 7.11 Å². The first-order valence-corrected chi connectivity index (χ1v) is 11.4. The van der Waals surface area contributed by atoms with Crippen molar-refractivity contribution in [3.63, 3.8) is 0 Å². The van der Waals surface area contributed by atoms with Crippen molar-refractivity contribution < 1.29 is 19.2 Å². The molecule has 0 aliphatic carbocycles. The zero-order chi connectivity index (χ0) is 24.0. The molecule has 7 nitrogen and oxygen atoms in total. The smallest absolute Gasteiger partial charge is 0.408 e. The topological polar surface area (TPSA) is 79.9 Å². The highest BCUT2D eigenvalue weighted by molar-refractivity contribution is 5.77. The molecular weight excluding hydrogens is 394 g/mol. The summed E-state index contributed by atoms with van der Waals surface area (Å²) >= 11 is 0. The molecule has 0 aromatic heterocycles. The molecule has 0 aromatic rings. The number of ether oxygens (including phenoxy) is 1. The number of hydroxylamine groups is 2. The summed E-state index contributed by atoms with van der Waals surface area (Å²) in [4.78, 5) is 30.3. The molecule has 1 saturated heterocycles. The fourth-order valence-corrected chi connectivity index (χ4v) is 4.64. The highest BCUT2D eigenvalue weighted by Gasteiger charge is 2.46. The van der Waals surface area contributed by atoms with E-state index in [0.29, 0.717) is 5.92 Å². The summed E-state index contributed by atoms with van der Waals surface area (Å²) in [7, 11) is 1.70. The Morgan fingerprint density at radius 1 is 1.13 bits per heavy atom. The zero-order valence-electron chi connectivity index (χ0n) is 21.3. The number of carbonyl (C=O) groups excluding carboxylic acids is 2. The molecule has 7 heteroatoms. The van der Waals surface area contributed by atoms with E-state index < -0.39 is 11.7 Å². The van der Waals surface area contributed by atoms with E-state index in [0.717, 1.165) is 19.3 Å². The first-order valence-electron chi connectivity index (χ1n) is 11.4. The Kier molecular flexibility index (Phi) is 9.57. The minimum atomic E-state index is -0.546. The normalized spacial score (nSPS) is 20.6. The van der Waals surface area contributed by atoms with Crippen molar-refractivity contribution in [2.45, 2.75) is 117 Å². The predicted molar refractivity (Wildman–Crippen MR) is 125 cm³/mol. The molecule has 1 fully saturated rings. The van der Waals surface area contributed by atoms with E-state index in [1.165, 1.54) is 0 Å². The Hall–Kier alpha value is -1.60. The van der Waals surface area contributed by atoms with Crippen LogP contribution >= 0.6 is 0 Å². The lowest BCUT2D eigenvalue weighted by atomic mass is 9.79. The van der Waals surface area contributed by atoms with Crippen LogP contribution in [0, 0.1) is 5.92 Å². The number of alkyl carbamates (subject to hydrolysis) is 1. The van der Waals surface area contributed by atoms with Crippen LogP contribution in [0.25, 0.3) is 0 Å². The van der Waals surface area contributed by atoms with E-state index in [9.17, 15) is 9.59 Å². The maximum Gasteiger partial charge on any atom is 0.408 e. The number of hydrogen-bond donors (Lipinski definition) is 2. The Labute approximate surface area is 189 Å². The average Bonchev–Trinajstić information content (AvgIpc) is 2.49. The van der Waals surface area contributed by atoms with Crippen LogP contribution in [0.1, 0.15) is 88.0 Å². The van der Waals surface area contributed by atoms with Crippen LogP contribution in [0.2, 0.25) is 0 Å². The van der Waals surface area contributed by atoms with Crippen LogP contribution in [0.4, 0.5) is 4.79 Å². The van der Waals surface area contributed by atoms with Crippen molar-refractivity contribution in [1.82, 2.24) is 15.7 Å². The Morgan fingerprint density at radius 2 is 1.68 bits per heavy atom. The van der Waals surface area contributed by atoms with E-state index >= 15 is 0 Å². The first-order chi connectivity index (χ1) is 14.1. The van der Waals surface area contributed by atoms with Crippen LogP contribution in [0.15, 0.2) is 12.2 Å². The molecule has 1 heterocycles. The Balaban J connectivity index is 2.66. The summed E-state index contributed by atoms with van der Waals surface area (Å²) in [5, 5.41) is 8.10. The second-order valence-electron chi connectivity index (χ2n) is 11.3. The number of rotatable bonds is 8. The molecule has 1 rings (SSSR count). The van der Waals surface area contributed by atoms with E-state index in [2.05, 4.69) is 52.2 Å². The van der Waals surface area contributed by atoms with Gasteiger partial charge in [-0.15, -0.1) is 0 Å². The van der Waals surface area contributed by atoms with Crippen molar-refractivity contribution in [3.05, 3.63) is 12.2 Å². The van der Waals surface area contributed by atoms with Crippen molar-refractivity contribution in [1.29, 1.82) is 0 Å². The maximum absolute atomic E-state index is 12.6. The number of nitrogens with zero attached hydrogens (tertiary/aromatic N) is 1. The molecule has 2 amide bonds. The van der Waals surface area contributed by atoms with Crippen molar-refractivity contribution in [2.24, 2.45) is 5.92 Å². The number of carbonyl (C=O) groups is 2. The molecule has 0 radical (unpaired) electrons. The summed E-state index contributed by atoms with van der Waals surface area (Å²) in [5.41, 5.74) is -0.899. The minimum Gasteiger partial charge on any atom is -0.444 e. The van der Waals surface area contributed by atoms with Gasteiger partial charge in [0.15, 0.2) is 0 Å². The molecule has 0 spiro atoms. The molecule has 1 aliphatic rings. The van der Waals surface area contributed by atoms with E-state index in [1.54, 1.807) is 7.11 Å². The van der Waals surface area contributed by atoms with Crippen LogP contribution in [0.3, 0.4) is 0 Å². The Bertz CT molecular complexity index is 617. The standard InChI is InChI=1S/C24H45N3O4/c1-17(2)14-18(26-21(29)31-22(3,4)5)12-11-13-20(28)25-19-15-23(6,7)27(30-10)24(8,9)16-19/h11-12,17-19H,13-16H2,1-10H3,(H,25,28)(H,26,29)/b12-11+/t18-/m1/s1. The van der Waals surface area contributed by atoms with Gasteiger partial charge in [-0.1, -0.05) is 26.0 Å². The quantitative estimate of drug-likeness (QED) is 0.542. The van der Waals surface area contributed by atoms with Crippen molar-refractivity contribution in [3.8, 4) is 0 Å². The van der Waals surface area contributed by atoms with Gasteiger partial charge in [0, 0.05) is 23.5 Å². The number of nitrogens with one attached hydrogen (secondary N) is 2. The van der Waals surface area contributed by atoms with E-state index in [-0.39, 0.29) is 35.5 Å². The van der Waals surface area contributed by atoms with Gasteiger partial charge in [-0.2, -0.15) is 5.06 Å². The van der Waals surface area contributed by atoms with E-state index in [4.69, 9.17) is 9.57 Å². The van der Waals surface area contributed by atoms with Gasteiger partial charge in [-0.05, 0) is 73.6 Å². The van der Waals surface area contributed by atoms with Crippen LogP contribution < -0.4 is 10.6 Å². The molecule has 0 saturated carbocycles. The second-order valence-corrected chi connectivity index (χ2v) is 11.3. The SMILES string of the molecule is CON1C(C)(C)CC(NC(=O)C/C=C/[C@H](CC(C)C)NC(=O)OC(C)(C)C)CC1(C)C. The molecule has 2 N–H and O–H groups in total. The third kappa shape index (κ3) is 9.60. The third-order valence-electron chi connectivity index (χ3n) is 5.24. The summed E-state index contributed by atoms with van der Waals surface area (Å²) in [6.07, 6.45) is 5.96. The zero-order valence-corrected chi connectivity index (χ0v) is 21.3. The van der Waals surface area contributed by atoms with Crippen LogP contribution in [-0.2, 0) is 14.4 Å². The van der Waals surface area contributed by atoms with Gasteiger partial charge < -0.3 is 20.2 Å². The summed E-state index contributed by atoms with van der Waals surface area (Å²) in [6, 6.07) is -0.0888. The fraction of sp³-hybridized carbons (Fsp3) is 0.833. The van der Waals surface area contributed by atoms with Gasteiger partial charge in [-0.3, -0.25) is 4.79 Å². The average molecular weight is 440 g/mol. The van der Waals surface area contributed by atoms with Gasteiger partial charge in [0.05, 0.1) is 13.2 Å². The molecule has 31 heavy (non-hydrogen) atoms. The van der Waals surface area contributed by atoms with Crippen LogP contribution in [-0.4, -0.2) is 52.9 Å². The summed E-state index contributed by atoms with van der Waals surface area (Å²) < 4.78 is 5.36. The van der Waals surface area contributed by atoms with Crippen molar-refractivity contribution >= 4 is 12.0 Å². The lowest BCUT2D eigenvalue weighted by Gasteiger charge is -2.53. The van der Waals surface area contributed by atoms with Gasteiger partial charge >= 0.3 is 6.09 Å². The largest absolute Gasteiger partial charge is 0.444 e. The molecule has 180 valence electrons. The second kappa shape index (κ2) is 10.8. The monoisotopic (exact) mass is 439 g/mol. The number of hydrogen-bond acceptors (Lipinski definition) is 5. The van der Waals surface area contributed by atoms with Gasteiger partial charge in [0.25, 0.3) is 0 Å². The molecule has 0 aromatic carbocycles. The highest BCUT2D eigenvalue weighted by Crippen LogP contribution is 2.38. The predicted octanol–water partition coefficient (Wildman–Crippen LogP) is 4.57. The highest BCUT2D eigenvalue weighted by atomic mass is 16.7. The third-order valence-corrected chi connectivity index (χ3v) is 5.24. The molecule has 1 aliphatic heterocycles. The molecule has 1 atom stereocenters. The summed E-state index contributed by atoms with van der Waals surface area (Å²) in [5.74, 6) is 0.383. The van der Waals surface area contributed by atoms with Crippen LogP contribution in [0.5, 0.6) is 0 Å². The minimum absolute atomic E-state index is 0.0146. The van der Waals surface area contributed by atoms with Gasteiger partial charge in [0.2, 0.25) is 5.91 Å². The lowest BCUT2D eigenvalue weighted by molar-refractivity contribution is -0.267. The Morgan fingerprint density at radius 3 is 2.13 bits per heavy atom. The molecule has 0 unspecified atom stereocenters. The number of amides is 2. The molecular formula is C24H45N3O4. The molecule has 0 bridgehead atoms. The first kappa shape index (κ1) is 27.4. The maximum atomic E-state index is 12.6. The summed E-state index contributed by atoms with van der Waals surface area (Å²) in [6.45, 7) is 18.2. The van der Waals surface area contributed by atoms with Gasteiger partial charge in [-0.25, -0.2) is 4.79 Å². The van der Waals surface area contributed by atoms with E-state index in [1.807, 2.05) is 38.0 Å². The number of piperidine rings is 1. The lowest BCUT2D eigenvalue weighted by Crippen LogP contribution is -2.63. The fourth-order valence-electron chi connectivity index (χ4n) is 4.64.